The normalized spacial score (nSPS) is 11.5. The van der Waals surface area contributed by atoms with Crippen LogP contribution in [0.25, 0.3) is 0 Å². The van der Waals surface area contributed by atoms with Gasteiger partial charge in [-0.1, -0.05) is 22.8 Å². The number of rotatable bonds is 3. The monoisotopic (exact) mass is 286 g/mol. The Morgan fingerprint density at radius 1 is 1.33 bits per heavy atom. The molecule has 18 heavy (non-hydrogen) atoms. The standard InChI is InChI=1S/C11H11ClN2O3S/c1-7-11(8(2)17-13-7)18(15,16)14-10-5-3-4-9(12)6-10/h3-6,14H,1-2H3. The smallest absolute Gasteiger partial charge is 0.267 e. The van der Waals surface area contributed by atoms with E-state index in [1.54, 1.807) is 32.0 Å². The molecule has 1 heterocycles. The maximum absolute atomic E-state index is 12.2. The summed E-state index contributed by atoms with van der Waals surface area (Å²) in [6, 6.07) is 6.46. The van der Waals surface area contributed by atoms with Crippen LogP contribution in [0.2, 0.25) is 5.02 Å². The molecule has 0 fully saturated rings. The highest BCUT2D eigenvalue weighted by Gasteiger charge is 2.24. The van der Waals surface area contributed by atoms with Gasteiger partial charge in [0.25, 0.3) is 10.0 Å². The van der Waals surface area contributed by atoms with Gasteiger partial charge in [-0.15, -0.1) is 0 Å². The molecule has 0 bridgehead atoms. The Morgan fingerprint density at radius 2 is 2.06 bits per heavy atom. The van der Waals surface area contributed by atoms with Gasteiger partial charge in [-0.25, -0.2) is 8.42 Å². The van der Waals surface area contributed by atoms with E-state index < -0.39 is 10.0 Å². The zero-order chi connectivity index (χ0) is 13.3. The lowest BCUT2D eigenvalue weighted by Crippen LogP contribution is -2.14. The Balaban J connectivity index is 2.39. The number of benzene rings is 1. The molecule has 1 N–H and O–H groups in total. The van der Waals surface area contributed by atoms with Gasteiger partial charge < -0.3 is 4.52 Å². The molecule has 2 aromatic rings. The maximum Gasteiger partial charge on any atom is 0.267 e. The largest absolute Gasteiger partial charge is 0.360 e. The highest BCUT2D eigenvalue weighted by atomic mass is 35.5. The molecule has 0 aliphatic carbocycles. The van der Waals surface area contributed by atoms with E-state index in [1.807, 2.05) is 0 Å². The lowest BCUT2D eigenvalue weighted by molar-refractivity contribution is 0.390. The van der Waals surface area contributed by atoms with Gasteiger partial charge in [0.2, 0.25) is 0 Å². The molecule has 1 aromatic carbocycles. The highest BCUT2D eigenvalue weighted by Crippen LogP contribution is 2.23. The summed E-state index contributed by atoms with van der Waals surface area (Å²) in [5, 5.41) is 4.07. The fourth-order valence-corrected chi connectivity index (χ4v) is 3.19. The Labute approximate surface area is 110 Å². The van der Waals surface area contributed by atoms with Crippen LogP contribution in [-0.4, -0.2) is 13.6 Å². The summed E-state index contributed by atoms with van der Waals surface area (Å²) in [6.45, 7) is 3.12. The molecule has 5 nitrogen and oxygen atoms in total. The number of hydrogen-bond donors (Lipinski definition) is 1. The number of nitrogens with zero attached hydrogens (tertiary/aromatic N) is 1. The summed E-state index contributed by atoms with van der Waals surface area (Å²) >= 11 is 5.80. The van der Waals surface area contributed by atoms with Gasteiger partial charge in [0.1, 0.15) is 5.69 Å². The molecular formula is C11H11ClN2O3S. The van der Waals surface area contributed by atoms with Crippen molar-refractivity contribution in [2.24, 2.45) is 0 Å². The van der Waals surface area contributed by atoms with Crippen LogP contribution in [0.3, 0.4) is 0 Å². The first-order chi connectivity index (χ1) is 8.40. The van der Waals surface area contributed by atoms with Crippen LogP contribution in [0.4, 0.5) is 5.69 Å². The minimum absolute atomic E-state index is 0.0578. The predicted molar refractivity (Wildman–Crippen MR) is 68.2 cm³/mol. The number of anilines is 1. The second-order valence-electron chi connectivity index (χ2n) is 3.77. The molecule has 0 saturated carbocycles. The first-order valence-corrected chi connectivity index (χ1v) is 6.97. The van der Waals surface area contributed by atoms with Gasteiger partial charge >= 0.3 is 0 Å². The first kappa shape index (κ1) is 12.9. The first-order valence-electron chi connectivity index (χ1n) is 5.11. The van der Waals surface area contributed by atoms with Crippen LogP contribution in [0.15, 0.2) is 33.7 Å². The molecule has 0 atom stereocenters. The Kier molecular flexibility index (Phi) is 3.32. The third-order valence-electron chi connectivity index (χ3n) is 2.31. The van der Waals surface area contributed by atoms with E-state index in [0.717, 1.165) is 0 Å². The van der Waals surface area contributed by atoms with E-state index in [0.29, 0.717) is 16.4 Å². The molecule has 0 saturated heterocycles. The van der Waals surface area contributed by atoms with E-state index in [9.17, 15) is 8.42 Å². The highest BCUT2D eigenvalue weighted by molar-refractivity contribution is 7.92. The van der Waals surface area contributed by atoms with E-state index in [2.05, 4.69) is 9.88 Å². The van der Waals surface area contributed by atoms with E-state index >= 15 is 0 Å². The minimum Gasteiger partial charge on any atom is -0.360 e. The zero-order valence-electron chi connectivity index (χ0n) is 9.77. The number of aryl methyl sites for hydroxylation is 2. The molecule has 0 radical (unpaired) electrons. The minimum atomic E-state index is -3.71. The van der Waals surface area contributed by atoms with Crippen LogP contribution in [0.5, 0.6) is 0 Å². The van der Waals surface area contributed by atoms with Crippen molar-refractivity contribution in [1.82, 2.24) is 5.16 Å². The summed E-state index contributed by atoms with van der Waals surface area (Å²) in [7, 11) is -3.71. The number of aromatic nitrogens is 1. The molecule has 7 heteroatoms. The number of hydrogen-bond acceptors (Lipinski definition) is 4. The predicted octanol–water partition coefficient (Wildman–Crippen LogP) is 2.75. The number of sulfonamides is 1. The van der Waals surface area contributed by atoms with Crippen molar-refractivity contribution < 1.29 is 12.9 Å². The molecule has 0 amide bonds. The van der Waals surface area contributed by atoms with Crippen molar-refractivity contribution in [1.29, 1.82) is 0 Å². The van der Waals surface area contributed by atoms with Crippen molar-refractivity contribution in [2.45, 2.75) is 18.7 Å². The zero-order valence-corrected chi connectivity index (χ0v) is 11.3. The summed E-state index contributed by atoms with van der Waals surface area (Å²) in [5.41, 5.74) is 0.713. The fraction of sp³-hybridized carbons (Fsp3) is 0.182. The summed E-state index contributed by atoms with van der Waals surface area (Å²) < 4.78 is 31.6. The van der Waals surface area contributed by atoms with Crippen molar-refractivity contribution in [3.05, 3.63) is 40.7 Å². The third-order valence-corrected chi connectivity index (χ3v) is 4.17. The number of nitrogens with one attached hydrogen (secondary N) is 1. The van der Waals surface area contributed by atoms with Gasteiger partial charge in [-0.05, 0) is 32.0 Å². The van der Waals surface area contributed by atoms with Crippen molar-refractivity contribution in [3.8, 4) is 0 Å². The maximum atomic E-state index is 12.2. The molecular weight excluding hydrogens is 276 g/mol. The van der Waals surface area contributed by atoms with Crippen LogP contribution >= 0.6 is 11.6 Å². The van der Waals surface area contributed by atoms with Crippen LogP contribution < -0.4 is 4.72 Å². The van der Waals surface area contributed by atoms with Gasteiger partial charge in [-0.3, -0.25) is 4.72 Å². The SMILES string of the molecule is Cc1noc(C)c1S(=O)(=O)Nc1cccc(Cl)c1. The lowest BCUT2D eigenvalue weighted by Gasteiger charge is -2.07. The topological polar surface area (TPSA) is 72.2 Å². The van der Waals surface area contributed by atoms with Crippen molar-refractivity contribution in [3.63, 3.8) is 0 Å². The second kappa shape index (κ2) is 4.62. The Morgan fingerprint density at radius 3 is 2.61 bits per heavy atom. The van der Waals surface area contributed by atoms with Crippen LogP contribution in [-0.2, 0) is 10.0 Å². The van der Waals surface area contributed by atoms with Gasteiger partial charge in [0, 0.05) is 5.02 Å². The summed E-state index contributed by atoms with van der Waals surface area (Å²) in [5.74, 6) is 0.252. The molecule has 0 aliphatic heterocycles. The van der Waals surface area contributed by atoms with Crippen LogP contribution in [0, 0.1) is 13.8 Å². The summed E-state index contributed by atoms with van der Waals surface area (Å²) in [6.07, 6.45) is 0. The Bertz CT molecular complexity index is 660. The fourth-order valence-electron chi connectivity index (χ4n) is 1.62. The van der Waals surface area contributed by atoms with Crippen LogP contribution in [0.1, 0.15) is 11.5 Å². The molecule has 0 spiro atoms. The molecule has 0 unspecified atom stereocenters. The lowest BCUT2D eigenvalue weighted by atomic mass is 10.3. The average molecular weight is 287 g/mol. The quantitative estimate of drug-likeness (QED) is 0.941. The number of halogens is 1. The van der Waals surface area contributed by atoms with Gasteiger partial charge in [0.15, 0.2) is 10.7 Å². The van der Waals surface area contributed by atoms with Gasteiger partial charge in [0.05, 0.1) is 5.69 Å². The van der Waals surface area contributed by atoms with Crippen molar-refractivity contribution in [2.75, 3.05) is 4.72 Å². The van der Waals surface area contributed by atoms with Gasteiger partial charge in [-0.2, -0.15) is 0 Å². The van der Waals surface area contributed by atoms with Crippen molar-refractivity contribution >= 4 is 27.3 Å². The molecule has 1 aromatic heterocycles. The van der Waals surface area contributed by atoms with E-state index in [1.165, 1.54) is 6.07 Å². The third kappa shape index (κ3) is 2.49. The van der Waals surface area contributed by atoms with E-state index in [4.69, 9.17) is 16.1 Å². The molecule has 96 valence electrons. The summed E-state index contributed by atoms with van der Waals surface area (Å²) in [4.78, 5) is 0.0578. The Hall–Kier alpha value is -1.53. The molecule has 2 rings (SSSR count). The average Bonchev–Trinajstić information content (AvgIpc) is 2.58. The second-order valence-corrected chi connectivity index (χ2v) is 5.82. The van der Waals surface area contributed by atoms with E-state index in [-0.39, 0.29) is 10.7 Å². The molecule has 0 aliphatic rings.